The summed E-state index contributed by atoms with van der Waals surface area (Å²) in [6.45, 7) is 2.25. The van der Waals surface area contributed by atoms with Crippen LogP contribution in [0.15, 0.2) is 35.6 Å². The van der Waals surface area contributed by atoms with Crippen LogP contribution in [0.1, 0.15) is 30.1 Å². The Balaban J connectivity index is 0.00000243. The van der Waals surface area contributed by atoms with Crippen molar-refractivity contribution in [1.29, 1.82) is 0 Å². The number of non-ortho nitro benzene ring substituents is 1. The summed E-state index contributed by atoms with van der Waals surface area (Å²) in [5, 5.41) is 21.0. The third-order valence-electron chi connectivity index (χ3n) is 4.40. The molecule has 1 aromatic heterocycles. The minimum atomic E-state index is -0.382. The molecule has 0 saturated carbocycles. The molecule has 0 amide bonds. The predicted octanol–water partition coefficient (Wildman–Crippen LogP) is 2.29. The molecule has 2 N–H and O–H groups in total. The number of aromatic amines is 1. The number of H-pyrrole nitrogens is 1. The van der Waals surface area contributed by atoms with Crippen LogP contribution < -0.4 is 5.32 Å². The Kier molecular flexibility index (Phi) is 7.30. The van der Waals surface area contributed by atoms with E-state index in [2.05, 4.69) is 30.4 Å². The molecule has 0 aliphatic carbocycles. The van der Waals surface area contributed by atoms with Crippen LogP contribution >= 0.6 is 24.0 Å². The Labute approximate surface area is 168 Å². The van der Waals surface area contributed by atoms with Crippen molar-refractivity contribution in [3.05, 3.63) is 52.1 Å². The molecular formula is C16H22IN7O2. The van der Waals surface area contributed by atoms with E-state index in [1.807, 2.05) is 6.07 Å². The van der Waals surface area contributed by atoms with Gasteiger partial charge in [-0.3, -0.25) is 20.2 Å². The second-order valence-electron chi connectivity index (χ2n) is 5.96. The number of hydrogen-bond donors (Lipinski definition) is 2. The van der Waals surface area contributed by atoms with Gasteiger partial charge in [0.25, 0.3) is 5.69 Å². The summed E-state index contributed by atoms with van der Waals surface area (Å²) < 4.78 is 0. The summed E-state index contributed by atoms with van der Waals surface area (Å²) >= 11 is 0. The summed E-state index contributed by atoms with van der Waals surface area (Å²) in [6.07, 6.45) is 3.50. The lowest BCUT2D eigenvalue weighted by Crippen LogP contribution is -2.45. The summed E-state index contributed by atoms with van der Waals surface area (Å²) in [7, 11) is 1.75. The molecule has 140 valence electrons. The van der Waals surface area contributed by atoms with Gasteiger partial charge in [0.1, 0.15) is 12.2 Å². The molecule has 2 heterocycles. The zero-order valence-electron chi connectivity index (χ0n) is 14.5. The fraction of sp³-hybridized carbons (Fsp3) is 0.438. The van der Waals surface area contributed by atoms with Crippen molar-refractivity contribution in [2.75, 3.05) is 20.1 Å². The number of nitro groups is 1. The van der Waals surface area contributed by atoms with Gasteiger partial charge in [-0.2, -0.15) is 5.10 Å². The fourth-order valence-corrected chi connectivity index (χ4v) is 3.07. The van der Waals surface area contributed by atoms with Crippen LogP contribution in [0.5, 0.6) is 0 Å². The highest BCUT2D eigenvalue weighted by atomic mass is 127. The number of rotatable bonds is 4. The predicted molar refractivity (Wildman–Crippen MR) is 109 cm³/mol. The van der Waals surface area contributed by atoms with Gasteiger partial charge in [-0.15, -0.1) is 24.0 Å². The fourth-order valence-electron chi connectivity index (χ4n) is 3.07. The molecular weight excluding hydrogens is 449 g/mol. The smallest absolute Gasteiger partial charge is 0.269 e. The van der Waals surface area contributed by atoms with Gasteiger partial charge in [0.05, 0.1) is 4.92 Å². The van der Waals surface area contributed by atoms with E-state index in [1.165, 1.54) is 6.07 Å². The first-order valence-corrected chi connectivity index (χ1v) is 8.21. The van der Waals surface area contributed by atoms with E-state index in [4.69, 9.17) is 0 Å². The molecule has 1 saturated heterocycles. The average Bonchev–Trinajstić information content (AvgIpc) is 3.18. The van der Waals surface area contributed by atoms with Crippen LogP contribution in [-0.4, -0.2) is 51.1 Å². The summed E-state index contributed by atoms with van der Waals surface area (Å²) in [5.41, 5.74) is 0.953. The van der Waals surface area contributed by atoms with Gasteiger partial charge < -0.3 is 10.2 Å². The van der Waals surface area contributed by atoms with E-state index >= 15 is 0 Å². The van der Waals surface area contributed by atoms with Gasteiger partial charge in [-0.1, -0.05) is 12.1 Å². The monoisotopic (exact) mass is 471 g/mol. The van der Waals surface area contributed by atoms with Crippen LogP contribution in [-0.2, 0) is 6.54 Å². The topological polar surface area (TPSA) is 112 Å². The number of guanidine groups is 1. The lowest BCUT2D eigenvalue weighted by atomic mass is 9.96. The molecule has 26 heavy (non-hydrogen) atoms. The Morgan fingerprint density at radius 3 is 2.85 bits per heavy atom. The third-order valence-corrected chi connectivity index (χ3v) is 4.40. The molecule has 0 atom stereocenters. The van der Waals surface area contributed by atoms with E-state index in [0.29, 0.717) is 12.5 Å². The van der Waals surface area contributed by atoms with Gasteiger partial charge in [-0.25, -0.2) is 4.98 Å². The van der Waals surface area contributed by atoms with E-state index < -0.39 is 0 Å². The molecule has 1 aromatic carbocycles. The molecule has 0 unspecified atom stereocenters. The second kappa shape index (κ2) is 9.46. The maximum absolute atomic E-state index is 10.9. The molecule has 0 spiro atoms. The van der Waals surface area contributed by atoms with Gasteiger partial charge in [0, 0.05) is 44.7 Å². The summed E-state index contributed by atoms with van der Waals surface area (Å²) in [5.74, 6) is 2.15. The van der Waals surface area contributed by atoms with Crippen LogP contribution in [0.25, 0.3) is 0 Å². The highest BCUT2D eigenvalue weighted by molar-refractivity contribution is 14.0. The minimum absolute atomic E-state index is 0. The van der Waals surface area contributed by atoms with Crippen LogP contribution in [0.4, 0.5) is 5.69 Å². The number of aromatic nitrogens is 3. The molecule has 9 nitrogen and oxygen atoms in total. The molecule has 2 aromatic rings. The molecule has 1 aliphatic rings. The van der Waals surface area contributed by atoms with Crippen molar-refractivity contribution in [1.82, 2.24) is 25.4 Å². The van der Waals surface area contributed by atoms with Crippen LogP contribution in [0.3, 0.4) is 0 Å². The Hall–Kier alpha value is -2.24. The van der Waals surface area contributed by atoms with Crippen molar-refractivity contribution in [3.8, 4) is 0 Å². The van der Waals surface area contributed by atoms with Crippen molar-refractivity contribution in [2.45, 2.75) is 25.3 Å². The first-order chi connectivity index (χ1) is 12.2. The number of hydrogen-bond acceptors (Lipinski definition) is 5. The quantitative estimate of drug-likeness (QED) is 0.233. The van der Waals surface area contributed by atoms with Gasteiger partial charge in [0.15, 0.2) is 5.96 Å². The van der Waals surface area contributed by atoms with Crippen LogP contribution in [0.2, 0.25) is 0 Å². The summed E-state index contributed by atoms with van der Waals surface area (Å²) in [4.78, 5) is 21.3. The van der Waals surface area contributed by atoms with Gasteiger partial charge >= 0.3 is 0 Å². The van der Waals surface area contributed by atoms with E-state index in [-0.39, 0.29) is 34.6 Å². The van der Waals surface area contributed by atoms with Crippen LogP contribution in [0, 0.1) is 10.1 Å². The Morgan fingerprint density at radius 1 is 1.46 bits per heavy atom. The molecule has 10 heteroatoms. The number of aliphatic imine (C=N–C) groups is 1. The number of likely N-dealkylation sites (tertiary alicyclic amines) is 1. The highest BCUT2D eigenvalue weighted by Crippen LogP contribution is 2.25. The average molecular weight is 471 g/mol. The zero-order valence-corrected chi connectivity index (χ0v) is 16.8. The molecule has 0 radical (unpaired) electrons. The van der Waals surface area contributed by atoms with Crippen molar-refractivity contribution >= 4 is 35.6 Å². The first kappa shape index (κ1) is 20.1. The third kappa shape index (κ3) is 4.90. The number of piperidine rings is 1. The molecule has 0 bridgehead atoms. The minimum Gasteiger partial charge on any atom is -0.352 e. The normalized spacial score (nSPS) is 15.4. The standard InChI is InChI=1S/C16H21N7O2.HI/c1-17-16(18-10-12-3-2-4-14(9-12)23(24)25)22-7-5-13(6-8-22)15-19-11-20-21-15;/h2-4,9,11,13H,5-8,10H2,1H3,(H,17,18)(H,19,20,21);1H. The number of nitrogens with one attached hydrogen (secondary N) is 2. The first-order valence-electron chi connectivity index (χ1n) is 8.21. The second-order valence-corrected chi connectivity index (χ2v) is 5.96. The van der Waals surface area contributed by atoms with Crippen molar-refractivity contribution in [3.63, 3.8) is 0 Å². The molecule has 1 fully saturated rings. The number of benzene rings is 1. The summed E-state index contributed by atoms with van der Waals surface area (Å²) in [6, 6.07) is 6.63. The highest BCUT2D eigenvalue weighted by Gasteiger charge is 2.24. The number of nitrogens with zero attached hydrogens (tertiary/aromatic N) is 5. The zero-order chi connectivity index (χ0) is 17.6. The lowest BCUT2D eigenvalue weighted by molar-refractivity contribution is -0.384. The molecule has 1 aliphatic heterocycles. The largest absolute Gasteiger partial charge is 0.352 e. The SMILES string of the molecule is CN=C(NCc1cccc([N+](=O)[O-])c1)N1CCC(c2ncn[nH]2)CC1.I. The maximum Gasteiger partial charge on any atom is 0.269 e. The molecule has 3 rings (SSSR count). The lowest BCUT2D eigenvalue weighted by Gasteiger charge is -2.33. The number of nitro benzene ring substituents is 1. The van der Waals surface area contributed by atoms with Gasteiger partial charge in [-0.05, 0) is 18.4 Å². The Bertz CT molecular complexity index is 743. The van der Waals surface area contributed by atoms with Crippen molar-refractivity contribution < 1.29 is 4.92 Å². The van der Waals surface area contributed by atoms with E-state index in [9.17, 15) is 10.1 Å². The van der Waals surface area contributed by atoms with E-state index in [0.717, 1.165) is 43.3 Å². The number of halogens is 1. The maximum atomic E-state index is 10.9. The van der Waals surface area contributed by atoms with Gasteiger partial charge in [0.2, 0.25) is 0 Å². The van der Waals surface area contributed by atoms with E-state index in [1.54, 1.807) is 25.5 Å². The Morgan fingerprint density at radius 2 is 2.23 bits per heavy atom. The van der Waals surface area contributed by atoms with Crippen molar-refractivity contribution in [2.24, 2.45) is 4.99 Å².